The number of aromatic nitrogens is 1. The number of hydrogen-bond acceptors (Lipinski definition) is 3. The lowest BCUT2D eigenvalue weighted by molar-refractivity contribution is 0.0951. The number of amides is 1. The van der Waals surface area contributed by atoms with E-state index in [4.69, 9.17) is 23.2 Å². The Morgan fingerprint density at radius 2 is 1.91 bits per heavy atom. The van der Waals surface area contributed by atoms with Crippen LogP contribution in [-0.2, 0) is 6.54 Å². The Kier molecular flexibility index (Phi) is 4.96. The summed E-state index contributed by atoms with van der Waals surface area (Å²) in [5.41, 5.74) is 2.48. The minimum Gasteiger partial charge on any atom is -0.348 e. The highest BCUT2D eigenvalue weighted by atomic mass is 35.5. The van der Waals surface area contributed by atoms with Crippen LogP contribution in [0.5, 0.6) is 0 Å². The summed E-state index contributed by atoms with van der Waals surface area (Å²) in [7, 11) is 0. The molecule has 1 heterocycles. The predicted octanol–water partition coefficient (Wildman–Crippen LogP) is 5.05. The van der Waals surface area contributed by atoms with E-state index in [1.165, 1.54) is 0 Å². The van der Waals surface area contributed by atoms with Gasteiger partial charge in [0, 0.05) is 28.7 Å². The van der Waals surface area contributed by atoms with Crippen molar-refractivity contribution >= 4 is 40.4 Å². The second kappa shape index (κ2) is 7.13. The molecule has 0 fully saturated rings. The van der Waals surface area contributed by atoms with Crippen LogP contribution in [0.1, 0.15) is 15.9 Å². The molecule has 1 N–H and O–H groups in total. The van der Waals surface area contributed by atoms with E-state index in [9.17, 15) is 4.79 Å². The van der Waals surface area contributed by atoms with Gasteiger partial charge >= 0.3 is 0 Å². The zero-order valence-corrected chi connectivity index (χ0v) is 14.3. The van der Waals surface area contributed by atoms with E-state index in [1.54, 1.807) is 35.7 Å². The van der Waals surface area contributed by atoms with Crippen LogP contribution in [0.3, 0.4) is 0 Å². The summed E-state index contributed by atoms with van der Waals surface area (Å²) in [6.07, 6.45) is 1.78. The molecule has 3 aromatic rings. The quantitative estimate of drug-likeness (QED) is 0.705. The molecule has 0 atom stereocenters. The Bertz CT molecular complexity index is 817. The highest BCUT2D eigenvalue weighted by Crippen LogP contribution is 2.22. The summed E-state index contributed by atoms with van der Waals surface area (Å²) in [6, 6.07) is 12.8. The molecule has 0 bridgehead atoms. The molecule has 1 amide bonds. The molecular formula is C17H12Cl2N2OS. The van der Waals surface area contributed by atoms with Gasteiger partial charge in [-0.1, -0.05) is 47.5 Å². The van der Waals surface area contributed by atoms with E-state index >= 15 is 0 Å². The first-order valence-corrected chi connectivity index (χ1v) is 8.49. The van der Waals surface area contributed by atoms with E-state index in [1.807, 2.05) is 29.6 Å². The maximum atomic E-state index is 12.2. The standard InChI is InChI=1S/C17H12Cl2N2OS/c18-13-5-6-14(15(19)9-13)16(22)21-10-11-1-3-12(4-2-11)17-20-7-8-23-17/h1-9H,10H2,(H,21,22). The number of carbonyl (C=O) groups is 1. The second-order valence-electron chi connectivity index (χ2n) is 4.84. The van der Waals surface area contributed by atoms with Crippen LogP contribution in [0.15, 0.2) is 54.0 Å². The number of benzene rings is 2. The molecule has 0 aliphatic heterocycles. The number of hydrogen-bond donors (Lipinski definition) is 1. The molecule has 0 spiro atoms. The van der Waals surface area contributed by atoms with E-state index in [2.05, 4.69) is 10.3 Å². The van der Waals surface area contributed by atoms with Crippen molar-refractivity contribution in [2.24, 2.45) is 0 Å². The molecule has 0 radical (unpaired) electrons. The lowest BCUT2D eigenvalue weighted by atomic mass is 10.1. The predicted molar refractivity (Wildman–Crippen MR) is 95.2 cm³/mol. The van der Waals surface area contributed by atoms with Crippen molar-refractivity contribution in [3.05, 3.63) is 75.2 Å². The van der Waals surface area contributed by atoms with Crippen LogP contribution in [0.25, 0.3) is 10.6 Å². The average Bonchev–Trinajstić information content (AvgIpc) is 3.07. The van der Waals surface area contributed by atoms with Crippen LogP contribution in [0.2, 0.25) is 10.0 Å². The zero-order chi connectivity index (χ0) is 16.2. The largest absolute Gasteiger partial charge is 0.348 e. The number of thiazole rings is 1. The van der Waals surface area contributed by atoms with Crippen LogP contribution >= 0.6 is 34.5 Å². The van der Waals surface area contributed by atoms with Gasteiger partial charge in [-0.05, 0) is 23.8 Å². The number of nitrogens with one attached hydrogen (secondary N) is 1. The first kappa shape index (κ1) is 16.0. The van der Waals surface area contributed by atoms with Crippen molar-refractivity contribution in [3.63, 3.8) is 0 Å². The summed E-state index contributed by atoms with van der Waals surface area (Å²) >= 11 is 13.5. The molecule has 0 aliphatic rings. The topological polar surface area (TPSA) is 42.0 Å². The van der Waals surface area contributed by atoms with Crippen LogP contribution in [0.4, 0.5) is 0 Å². The monoisotopic (exact) mass is 362 g/mol. The van der Waals surface area contributed by atoms with Crippen molar-refractivity contribution < 1.29 is 4.79 Å². The highest BCUT2D eigenvalue weighted by Gasteiger charge is 2.10. The molecule has 6 heteroatoms. The number of rotatable bonds is 4. The Balaban J connectivity index is 1.65. The van der Waals surface area contributed by atoms with Gasteiger partial charge in [0.1, 0.15) is 5.01 Å². The van der Waals surface area contributed by atoms with Gasteiger partial charge in [0.2, 0.25) is 0 Å². The third kappa shape index (κ3) is 3.91. The maximum Gasteiger partial charge on any atom is 0.253 e. The Labute approximate surface area is 147 Å². The van der Waals surface area contributed by atoms with Crippen molar-refractivity contribution in [2.75, 3.05) is 0 Å². The molecule has 0 saturated heterocycles. The molecule has 1 aromatic heterocycles. The SMILES string of the molecule is O=C(NCc1ccc(-c2nccs2)cc1)c1ccc(Cl)cc1Cl. The van der Waals surface area contributed by atoms with Gasteiger partial charge in [-0.3, -0.25) is 4.79 Å². The maximum absolute atomic E-state index is 12.2. The zero-order valence-electron chi connectivity index (χ0n) is 11.9. The summed E-state index contributed by atoms with van der Waals surface area (Å²) in [6.45, 7) is 0.427. The van der Waals surface area contributed by atoms with Crippen molar-refractivity contribution in [1.29, 1.82) is 0 Å². The van der Waals surface area contributed by atoms with Gasteiger partial charge in [0.15, 0.2) is 0 Å². The fourth-order valence-corrected chi connectivity index (χ4v) is 3.22. The molecule has 0 unspecified atom stereocenters. The average molecular weight is 363 g/mol. The summed E-state index contributed by atoms with van der Waals surface area (Å²) in [5, 5.41) is 6.62. The van der Waals surface area contributed by atoms with Gasteiger partial charge in [-0.2, -0.15) is 0 Å². The Morgan fingerprint density at radius 1 is 1.13 bits per heavy atom. The van der Waals surface area contributed by atoms with E-state index in [0.717, 1.165) is 16.1 Å². The molecular weight excluding hydrogens is 351 g/mol. The molecule has 3 nitrogen and oxygen atoms in total. The van der Waals surface area contributed by atoms with Crippen LogP contribution in [-0.4, -0.2) is 10.9 Å². The second-order valence-corrected chi connectivity index (χ2v) is 6.58. The number of halogens is 2. The highest BCUT2D eigenvalue weighted by molar-refractivity contribution is 7.13. The molecule has 23 heavy (non-hydrogen) atoms. The third-order valence-corrected chi connectivity index (χ3v) is 4.63. The smallest absolute Gasteiger partial charge is 0.253 e. The van der Waals surface area contributed by atoms with E-state index in [0.29, 0.717) is 22.2 Å². The van der Waals surface area contributed by atoms with Gasteiger partial charge in [-0.15, -0.1) is 11.3 Å². The fraction of sp³-hybridized carbons (Fsp3) is 0.0588. The summed E-state index contributed by atoms with van der Waals surface area (Å²) in [5.74, 6) is -0.226. The summed E-state index contributed by atoms with van der Waals surface area (Å²) < 4.78 is 0. The van der Waals surface area contributed by atoms with Crippen molar-refractivity contribution in [3.8, 4) is 10.6 Å². The van der Waals surface area contributed by atoms with Crippen molar-refractivity contribution in [2.45, 2.75) is 6.54 Å². The van der Waals surface area contributed by atoms with Gasteiger partial charge in [-0.25, -0.2) is 4.98 Å². The normalized spacial score (nSPS) is 10.5. The molecule has 0 aliphatic carbocycles. The van der Waals surface area contributed by atoms with E-state index < -0.39 is 0 Å². The Hall–Kier alpha value is -1.88. The first-order chi connectivity index (χ1) is 11.1. The first-order valence-electron chi connectivity index (χ1n) is 6.85. The number of carbonyl (C=O) groups excluding carboxylic acids is 1. The fourth-order valence-electron chi connectivity index (χ4n) is 2.08. The van der Waals surface area contributed by atoms with E-state index in [-0.39, 0.29) is 5.91 Å². The third-order valence-electron chi connectivity index (χ3n) is 3.26. The molecule has 0 saturated carbocycles. The lowest BCUT2D eigenvalue weighted by Crippen LogP contribution is -2.23. The molecule has 3 rings (SSSR count). The van der Waals surface area contributed by atoms with Crippen LogP contribution in [0, 0.1) is 0 Å². The molecule has 116 valence electrons. The number of nitrogens with zero attached hydrogens (tertiary/aromatic N) is 1. The lowest BCUT2D eigenvalue weighted by Gasteiger charge is -2.07. The van der Waals surface area contributed by atoms with Gasteiger partial charge < -0.3 is 5.32 Å². The minimum atomic E-state index is -0.226. The van der Waals surface area contributed by atoms with Gasteiger partial charge in [0.25, 0.3) is 5.91 Å². The van der Waals surface area contributed by atoms with Gasteiger partial charge in [0.05, 0.1) is 10.6 Å². The van der Waals surface area contributed by atoms with Crippen molar-refractivity contribution in [1.82, 2.24) is 10.3 Å². The summed E-state index contributed by atoms with van der Waals surface area (Å²) in [4.78, 5) is 16.4. The molecule has 2 aromatic carbocycles. The Morgan fingerprint density at radius 3 is 2.57 bits per heavy atom. The minimum absolute atomic E-state index is 0.226. The van der Waals surface area contributed by atoms with Crippen LogP contribution < -0.4 is 5.32 Å².